The van der Waals surface area contributed by atoms with Gasteiger partial charge in [0.1, 0.15) is 28.6 Å². The van der Waals surface area contributed by atoms with Crippen molar-refractivity contribution in [3.05, 3.63) is 72.8 Å². The minimum atomic E-state index is 0. The third kappa shape index (κ3) is 4.81. The normalized spacial score (nSPS) is 10.2. The minimum absolute atomic E-state index is 0. The lowest BCUT2D eigenvalue weighted by Crippen LogP contribution is -3.00. The molecule has 0 radical (unpaired) electrons. The molecule has 0 fully saturated rings. The first-order chi connectivity index (χ1) is 14.7. The van der Waals surface area contributed by atoms with Crippen molar-refractivity contribution < 1.29 is 35.1 Å². The molecule has 1 heterocycles. The highest BCUT2D eigenvalue weighted by Gasteiger charge is 2.28. The van der Waals surface area contributed by atoms with E-state index in [9.17, 15) is 0 Å². The van der Waals surface area contributed by atoms with Crippen molar-refractivity contribution in [3.8, 4) is 34.3 Å². The van der Waals surface area contributed by atoms with Crippen molar-refractivity contribution in [2.75, 3.05) is 26.6 Å². The molecule has 0 aliphatic carbocycles. The summed E-state index contributed by atoms with van der Waals surface area (Å²) < 4.78 is 18.5. The molecule has 4 rings (SSSR count). The largest absolute Gasteiger partial charge is 1.00 e. The van der Waals surface area contributed by atoms with E-state index in [1.807, 2.05) is 76.8 Å². The lowest BCUT2D eigenvalue weighted by atomic mass is 10.2. The van der Waals surface area contributed by atoms with Crippen LogP contribution in [0.25, 0.3) is 17.1 Å². The van der Waals surface area contributed by atoms with E-state index in [4.69, 9.17) is 19.2 Å². The van der Waals surface area contributed by atoms with Gasteiger partial charge in [-0.25, -0.2) is 0 Å². The van der Waals surface area contributed by atoms with E-state index in [1.165, 1.54) is 11.5 Å². The Hall–Kier alpha value is -3.10. The number of hydrogen-bond donors (Lipinski definition) is 1. The van der Waals surface area contributed by atoms with E-state index >= 15 is 0 Å². The smallest absolute Gasteiger partial charge is 0.354 e. The number of halogens is 1. The maximum atomic E-state index is 5.59. The van der Waals surface area contributed by atoms with Crippen LogP contribution in [-0.4, -0.2) is 26.3 Å². The summed E-state index contributed by atoms with van der Waals surface area (Å²) in [4.78, 5) is 4.88. The van der Waals surface area contributed by atoms with Crippen molar-refractivity contribution in [1.29, 1.82) is 0 Å². The Morgan fingerprint density at radius 3 is 2.10 bits per heavy atom. The van der Waals surface area contributed by atoms with Gasteiger partial charge in [-0.1, -0.05) is 24.3 Å². The average molecular weight is 500 g/mol. The van der Waals surface area contributed by atoms with E-state index < -0.39 is 0 Å². The summed E-state index contributed by atoms with van der Waals surface area (Å²) in [5.74, 6) is 3.08. The first-order valence-electron chi connectivity index (χ1n) is 9.34. The summed E-state index contributed by atoms with van der Waals surface area (Å²) in [6.07, 6.45) is 0. The summed E-state index contributed by atoms with van der Waals surface area (Å²) in [6, 6.07) is 23.4. The van der Waals surface area contributed by atoms with Crippen LogP contribution >= 0.6 is 11.5 Å². The summed E-state index contributed by atoms with van der Waals surface area (Å²) >= 11 is 1.49. The van der Waals surface area contributed by atoms with Gasteiger partial charge in [0.2, 0.25) is 0 Å². The zero-order valence-electron chi connectivity index (χ0n) is 17.3. The SMILES string of the molecule is COc1ccc(Nc2nc(-c3ccccc3OC)[n+](-c3ccccc3OC)s2)cc1.[Br-]. The number of hydrogen-bond acceptors (Lipinski definition) is 6. The molecule has 0 spiro atoms. The quantitative estimate of drug-likeness (QED) is 0.393. The predicted octanol–water partition coefficient (Wildman–Crippen LogP) is 1.86. The molecule has 0 bridgehead atoms. The van der Waals surface area contributed by atoms with Crippen molar-refractivity contribution >= 4 is 22.4 Å². The standard InChI is InChI=1S/C23H21N3O3S.BrH/c1-27-17-14-12-16(13-15-17)24-23-25-22(18-8-4-6-10-20(18)28-2)26(30-23)19-9-5-7-11-21(19)29-3;/h4-15H,1-3H3;1H. The molecule has 31 heavy (non-hydrogen) atoms. The average Bonchev–Trinajstić information content (AvgIpc) is 3.22. The Kier molecular flexibility index (Phi) is 7.49. The van der Waals surface area contributed by atoms with Gasteiger partial charge in [0.05, 0.1) is 21.3 Å². The molecule has 0 aliphatic heterocycles. The number of para-hydroxylation sites is 3. The molecule has 0 unspecified atom stereocenters. The summed E-state index contributed by atoms with van der Waals surface area (Å²) in [5, 5.41) is 4.12. The van der Waals surface area contributed by atoms with Gasteiger partial charge in [0, 0.05) is 5.69 Å². The summed E-state index contributed by atoms with van der Waals surface area (Å²) in [7, 11) is 4.98. The third-order valence-corrected chi connectivity index (χ3v) is 5.49. The monoisotopic (exact) mass is 499 g/mol. The van der Waals surface area contributed by atoms with Crippen LogP contribution in [0.3, 0.4) is 0 Å². The van der Waals surface area contributed by atoms with Gasteiger partial charge in [-0.05, 0) is 53.5 Å². The molecule has 160 valence electrons. The Morgan fingerprint density at radius 1 is 0.774 bits per heavy atom. The molecule has 1 aromatic heterocycles. The zero-order valence-corrected chi connectivity index (χ0v) is 19.7. The Balaban J connectivity index is 0.00000272. The van der Waals surface area contributed by atoms with E-state index in [0.29, 0.717) is 0 Å². The number of ether oxygens (including phenoxy) is 3. The van der Waals surface area contributed by atoms with Gasteiger partial charge in [-0.2, -0.15) is 0 Å². The highest BCUT2D eigenvalue weighted by atomic mass is 79.9. The number of nitrogens with one attached hydrogen (secondary N) is 1. The number of rotatable bonds is 7. The first-order valence-corrected chi connectivity index (χ1v) is 10.1. The van der Waals surface area contributed by atoms with Crippen molar-refractivity contribution in [1.82, 2.24) is 4.98 Å². The predicted molar refractivity (Wildman–Crippen MR) is 118 cm³/mol. The molecule has 0 atom stereocenters. The first kappa shape index (κ1) is 22.6. The fourth-order valence-corrected chi connectivity index (χ4v) is 4.04. The van der Waals surface area contributed by atoms with Crippen LogP contribution < -0.4 is 40.5 Å². The number of benzene rings is 3. The second-order valence-electron chi connectivity index (χ2n) is 6.35. The van der Waals surface area contributed by atoms with Gasteiger partial charge >= 0.3 is 11.0 Å². The van der Waals surface area contributed by atoms with Crippen LogP contribution in [0.5, 0.6) is 17.2 Å². The van der Waals surface area contributed by atoms with Gasteiger partial charge in [0.15, 0.2) is 11.4 Å². The van der Waals surface area contributed by atoms with E-state index in [1.54, 1.807) is 21.3 Å². The van der Waals surface area contributed by atoms with Crippen molar-refractivity contribution in [2.24, 2.45) is 0 Å². The highest BCUT2D eigenvalue weighted by Crippen LogP contribution is 2.32. The minimum Gasteiger partial charge on any atom is -1.00 e. The van der Waals surface area contributed by atoms with Crippen LogP contribution in [0.1, 0.15) is 0 Å². The maximum absolute atomic E-state index is 5.59. The molecule has 0 saturated carbocycles. The fraction of sp³-hybridized carbons (Fsp3) is 0.130. The fourth-order valence-electron chi connectivity index (χ4n) is 3.10. The Morgan fingerprint density at radius 2 is 1.42 bits per heavy atom. The second kappa shape index (κ2) is 10.3. The molecular formula is C23H22BrN3O3S. The van der Waals surface area contributed by atoms with Crippen LogP contribution in [0.15, 0.2) is 72.8 Å². The van der Waals surface area contributed by atoms with Crippen LogP contribution in [0, 0.1) is 0 Å². The van der Waals surface area contributed by atoms with E-state index in [0.717, 1.165) is 45.1 Å². The molecule has 6 nitrogen and oxygen atoms in total. The number of nitrogens with zero attached hydrogens (tertiary/aromatic N) is 2. The number of methoxy groups -OCH3 is 3. The van der Waals surface area contributed by atoms with Gasteiger partial charge in [-0.15, -0.1) is 3.96 Å². The lowest BCUT2D eigenvalue weighted by Gasteiger charge is -2.06. The van der Waals surface area contributed by atoms with Crippen LogP contribution in [0.2, 0.25) is 0 Å². The van der Waals surface area contributed by atoms with Crippen molar-refractivity contribution in [3.63, 3.8) is 0 Å². The number of aromatic nitrogens is 2. The molecular weight excluding hydrogens is 478 g/mol. The molecule has 0 aliphatic rings. The summed E-state index contributed by atoms with van der Waals surface area (Å²) in [5.41, 5.74) is 2.72. The molecule has 3 aromatic carbocycles. The lowest BCUT2D eigenvalue weighted by molar-refractivity contribution is -0.510. The van der Waals surface area contributed by atoms with Gasteiger partial charge in [0.25, 0.3) is 0 Å². The van der Waals surface area contributed by atoms with Gasteiger partial charge < -0.3 is 36.5 Å². The second-order valence-corrected chi connectivity index (χ2v) is 7.29. The topological polar surface area (TPSA) is 56.5 Å². The molecule has 8 heteroatoms. The molecule has 0 amide bonds. The number of anilines is 2. The van der Waals surface area contributed by atoms with E-state index in [-0.39, 0.29) is 17.0 Å². The zero-order chi connectivity index (χ0) is 20.9. The van der Waals surface area contributed by atoms with E-state index in [2.05, 4.69) is 5.32 Å². The molecule has 0 saturated heterocycles. The maximum Gasteiger partial charge on any atom is 0.354 e. The van der Waals surface area contributed by atoms with Crippen LogP contribution in [0.4, 0.5) is 10.8 Å². The van der Waals surface area contributed by atoms with Crippen molar-refractivity contribution in [2.45, 2.75) is 0 Å². The highest BCUT2D eigenvalue weighted by molar-refractivity contribution is 7.06. The Bertz CT molecular complexity index is 1080. The van der Waals surface area contributed by atoms with Gasteiger partial charge in [-0.3, -0.25) is 0 Å². The molecule has 4 aromatic rings. The summed E-state index contributed by atoms with van der Waals surface area (Å²) in [6.45, 7) is 0. The van der Waals surface area contributed by atoms with Crippen LogP contribution in [-0.2, 0) is 0 Å². The molecule has 1 N–H and O–H groups in total. The third-order valence-electron chi connectivity index (χ3n) is 4.57. The Labute approximate surface area is 196 Å².